The van der Waals surface area contributed by atoms with E-state index in [2.05, 4.69) is 0 Å². The summed E-state index contributed by atoms with van der Waals surface area (Å²) >= 11 is 5.93. The van der Waals surface area contributed by atoms with Gasteiger partial charge < -0.3 is 5.73 Å². The maximum absolute atomic E-state index is 12.8. The molecule has 1 aliphatic rings. The first-order chi connectivity index (χ1) is 6.68. The Morgan fingerprint density at radius 3 is 2.53 bits per heavy atom. The zero-order valence-electron chi connectivity index (χ0n) is 8.25. The molecule has 2 N–H and O–H groups in total. The lowest BCUT2D eigenvalue weighted by atomic mass is 9.77. The topological polar surface area (TPSA) is 26.0 Å². The molecule has 0 amide bonds. The summed E-state index contributed by atoms with van der Waals surface area (Å²) in [5.41, 5.74) is 6.92. The molecule has 1 aromatic carbocycles. The maximum atomic E-state index is 12.8. The van der Waals surface area contributed by atoms with Crippen LogP contribution in [0.1, 0.15) is 30.9 Å². The monoisotopic (exact) mass is 249 g/mol. The highest BCUT2D eigenvalue weighted by Gasteiger charge is 2.26. The minimum absolute atomic E-state index is 0. The third kappa shape index (κ3) is 2.63. The predicted octanol–water partition coefficient (Wildman–Crippen LogP) is 3.70. The Bertz CT molecular complexity index is 339. The van der Waals surface area contributed by atoms with E-state index >= 15 is 0 Å². The minimum atomic E-state index is -0.306. The minimum Gasteiger partial charge on any atom is -0.324 e. The molecule has 0 saturated heterocycles. The van der Waals surface area contributed by atoms with E-state index in [9.17, 15) is 4.39 Å². The second kappa shape index (κ2) is 5.15. The van der Waals surface area contributed by atoms with Gasteiger partial charge in [0, 0.05) is 11.1 Å². The lowest BCUT2D eigenvalue weighted by molar-refractivity contribution is 0.264. The SMILES string of the molecule is Cl.N[C@@H](c1ccc(F)cc1Cl)C1CCC1. The van der Waals surface area contributed by atoms with Crippen molar-refractivity contribution in [3.63, 3.8) is 0 Å². The van der Waals surface area contributed by atoms with Crippen molar-refractivity contribution in [1.29, 1.82) is 0 Å². The van der Waals surface area contributed by atoms with E-state index in [1.54, 1.807) is 6.07 Å². The fourth-order valence-electron chi connectivity index (χ4n) is 1.82. The second-order valence-corrected chi connectivity index (χ2v) is 4.29. The van der Waals surface area contributed by atoms with Crippen LogP contribution in [0.25, 0.3) is 0 Å². The average molecular weight is 250 g/mol. The third-order valence-electron chi connectivity index (χ3n) is 2.98. The van der Waals surface area contributed by atoms with Gasteiger partial charge in [0.15, 0.2) is 0 Å². The Hall–Kier alpha value is -0.310. The van der Waals surface area contributed by atoms with Gasteiger partial charge in [0.2, 0.25) is 0 Å². The highest BCUT2D eigenvalue weighted by molar-refractivity contribution is 6.31. The van der Waals surface area contributed by atoms with Gasteiger partial charge in [-0.2, -0.15) is 0 Å². The zero-order chi connectivity index (χ0) is 10.1. The maximum Gasteiger partial charge on any atom is 0.124 e. The molecule has 1 saturated carbocycles. The van der Waals surface area contributed by atoms with E-state index in [1.165, 1.54) is 18.6 Å². The number of rotatable bonds is 2. The largest absolute Gasteiger partial charge is 0.324 e. The van der Waals surface area contributed by atoms with Crippen LogP contribution < -0.4 is 5.73 Å². The molecule has 1 aliphatic carbocycles. The summed E-state index contributed by atoms with van der Waals surface area (Å²) in [6.07, 6.45) is 3.57. The van der Waals surface area contributed by atoms with Crippen LogP contribution in [0.2, 0.25) is 5.02 Å². The van der Waals surface area contributed by atoms with Crippen molar-refractivity contribution in [3.05, 3.63) is 34.6 Å². The summed E-state index contributed by atoms with van der Waals surface area (Å²) in [5.74, 6) is 0.220. The van der Waals surface area contributed by atoms with Crippen LogP contribution in [-0.4, -0.2) is 0 Å². The van der Waals surface area contributed by atoms with Crippen molar-refractivity contribution in [2.45, 2.75) is 25.3 Å². The Morgan fingerprint density at radius 2 is 2.07 bits per heavy atom. The van der Waals surface area contributed by atoms with Gasteiger partial charge in [0.05, 0.1) is 0 Å². The van der Waals surface area contributed by atoms with Crippen LogP contribution in [0.5, 0.6) is 0 Å². The van der Waals surface area contributed by atoms with Gasteiger partial charge in [0.1, 0.15) is 5.82 Å². The Kier molecular flexibility index (Phi) is 4.38. The van der Waals surface area contributed by atoms with Crippen molar-refractivity contribution in [2.24, 2.45) is 11.7 Å². The summed E-state index contributed by atoms with van der Waals surface area (Å²) in [5, 5.41) is 0.449. The van der Waals surface area contributed by atoms with Crippen LogP contribution in [0, 0.1) is 11.7 Å². The number of benzene rings is 1. The van der Waals surface area contributed by atoms with Gasteiger partial charge >= 0.3 is 0 Å². The molecule has 84 valence electrons. The molecule has 2 rings (SSSR count). The summed E-state index contributed by atoms with van der Waals surface area (Å²) in [6, 6.07) is 4.41. The van der Waals surface area contributed by atoms with E-state index in [0.29, 0.717) is 10.9 Å². The van der Waals surface area contributed by atoms with Crippen LogP contribution in [-0.2, 0) is 0 Å². The fraction of sp³-hybridized carbons (Fsp3) is 0.455. The van der Waals surface area contributed by atoms with E-state index in [-0.39, 0.29) is 24.3 Å². The lowest BCUT2D eigenvalue weighted by Crippen LogP contribution is -2.27. The summed E-state index contributed by atoms with van der Waals surface area (Å²) in [4.78, 5) is 0. The summed E-state index contributed by atoms with van der Waals surface area (Å²) < 4.78 is 12.8. The molecule has 1 nitrogen and oxygen atoms in total. The molecular weight excluding hydrogens is 236 g/mol. The standard InChI is InChI=1S/C11H13ClFN.ClH/c12-10-6-8(13)4-5-9(10)11(14)7-2-1-3-7;/h4-7,11H,1-3,14H2;1H/t11-;/m1./s1. The summed E-state index contributed by atoms with van der Waals surface area (Å²) in [7, 11) is 0. The number of nitrogens with two attached hydrogens (primary N) is 1. The Labute approximate surface area is 100 Å². The number of halogens is 3. The van der Waals surface area contributed by atoms with E-state index in [0.717, 1.165) is 18.4 Å². The van der Waals surface area contributed by atoms with Gasteiger partial charge in [-0.05, 0) is 36.5 Å². The molecule has 0 unspecified atom stereocenters. The van der Waals surface area contributed by atoms with Crippen LogP contribution in [0.3, 0.4) is 0 Å². The molecule has 1 atom stereocenters. The number of hydrogen-bond acceptors (Lipinski definition) is 1. The molecule has 1 fully saturated rings. The van der Waals surface area contributed by atoms with Crippen LogP contribution >= 0.6 is 24.0 Å². The quantitative estimate of drug-likeness (QED) is 0.850. The molecule has 0 spiro atoms. The van der Waals surface area contributed by atoms with Crippen molar-refractivity contribution in [3.8, 4) is 0 Å². The third-order valence-corrected chi connectivity index (χ3v) is 3.31. The summed E-state index contributed by atoms with van der Waals surface area (Å²) in [6.45, 7) is 0. The van der Waals surface area contributed by atoms with Crippen molar-refractivity contribution >= 4 is 24.0 Å². The van der Waals surface area contributed by atoms with E-state index in [1.807, 2.05) is 0 Å². The van der Waals surface area contributed by atoms with Gasteiger partial charge in [-0.15, -0.1) is 12.4 Å². The highest BCUT2D eigenvalue weighted by Crippen LogP contribution is 2.38. The van der Waals surface area contributed by atoms with Gasteiger partial charge in [-0.25, -0.2) is 4.39 Å². The van der Waals surface area contributed by atoms with Crippen molar-refractivity contribution < 1.29 is 4.39 Å². The molecule has 15 heavy (non-hydrogen) atoms. The average Bonchev–Trinajstić information content (AvgIpc) is 2.00. The van der Waals surface area contributed by atoms with E-state index < -0.39 is 0 Å². The smallest absolute Gasteiger partial charge is 0.124 e. The Morgan fingerprint density at radius 1 is 1.40 bits per heavy atom. The van der Waals surface area contributed by atoms with Gasteiger partial charge in [0.25, 0.3) is 0 Å². The highest BCUT2D eigenvalue weighted by atomic mass is 35.5. The first kappa shape index (κ1) is 12.8. The molecule has 0 heterocycles. The molecule has 4 heteroatoms. The first-order valence-corrected chi connectivity index (χ1v) is 5.27. The fourth-order valence-corrected chi connectivity index (χ4v) is 2.12. The Balaban J connectivity index is 0.00000112. The molecule has 0 bridgehead atoms. The molecule has 0 aliphatic heterocycles. The molecule has 1 aromatic rings. The second-order valence-electron chi connectivity index (χ2n) is 3.88. The van der Waals surface area contributed by atoms with Gasteiger partial charge in [-0.1, -0.05) is 24.1 Å². The first-order valence-electron chi connectivity index (χ1n) is 4.89. The van der Waals surface area contributed by atoms with Crippen LogP contribution in [0.15, 0.2) is 18.2 Å². The molecule has 0 aromatic heterocycles. The zero-order valence-corrected chi connectivity index (χ0v) is 9.82. The number of hydrogen-bond donors (Lipinski definition) is 1. The van der Waals surface area contributed by atoms with Crippen molar-refractivity contribution in [1.82, 2.24) is 0 Å². The predicted molar refractivity (Wildman–Crippen MR) is 62.9 cm³/mol. The van der Waals surface area contributed by atoms with E-state index in [4.69, 9.17) is 17.3 Å². The molecular formula is C11H14Cl2FN. The van der Waals surface area contributed by atoms with Crippen LogP contribution in [0.4, 0.5) is 4.39 Å². The molecule has 0 radical (unpaired) electrons. The normalized spacial score (nSPS) is 17.8. The lowest BCUT2D eigenvalue weighted by Gasteiger charge is -2.31. The van der Waals surface area contributed by atoms with Gasteiger partial charge in [-0.3, -0.25) is 0 Å². The van der Waals surface area contributed by atoms with Crippen molar-refractivity contribution in [2.75, 3.05) is 0 Å².